The highest BCUT2D eigenvalue weighted by Gasteiger charge is 2.01. The maximum atomic E-state index is 11.3. The van der Waals surface area contributed by atoms with Crippen molar-refractivity contribution in [2.45, 2.75) is 6.54 Å². The van der Waals surface area contributed by atoms with Crippen LogP contribution in [0.15, 0.2) is 24.3 Å². The summed E-state index contributed by atoms with van der Waals surface area (Å²) < 4.78 is 9.88. The highest BCUT2D eigenvalue weighted by molar-refractivity contribution is 5.77. The predicted octanol–water partition coefficient (Wildman–Crippen LogP) is 0.548. The third-order valence-corrected chi connectivity index (χ3v) is 2.13. The Hall–Kier alpha value is -1.59. The van der Waals surface area contributed by atoms with Crippen molar-refractivity contribution in [1.29, 1.82) is 0 Å². The van der Waals surface area contributed by atoms with Gasteiger partial charge in [-0.3, -0.25) is 4.79 Å². The number of nitrogens with two attached hydrogens (primary N) is 1. The minimum atomic E-state index is -0.141. The molecule has 1 rings (SSSR count). The molecule has 5 nitrogen and oxygen atoms in total. The second-order valence-electron chi connectivity index (χ2n) is 3.56. The van der Waals surface area contributed by atoms with Crippen LogP contribution in [0.5, 0.6) is 0 Å². The number of hydrogen-bond donors (Lipinski definition) is 2. The Morgan fingerprint density at radius 3 is 2.65 bits per heavy atom. The largest absolute Gasteiger partial charge is 0.399 e. The molecule has 94 valence electrons. The van der Waals surface area contributed by atoms with E-state index in [1.807, 2.05) is 12.1 Å². The number of nitrogen functional groups attached to an aromatic ring is 1. The van der Waals surface area contributed by atoms with Crippen LogP contribution in [-0.2, 0) is 20.8 Å². The molecule has 0 aliphatic rings. The van der Waals surface area contributed by atoms with E-state index in [0.29, 0.717) is 25.4 Å². The third-order valence-electron chi connectivity index (χ3n) is 2.13. The number of carbonyl (C=O) groups excluding carboxylic acids is 1. The van der Waals surface area contributed by atoms with Crippen LogP contribution in [-0.4, -0.2) is 32.8 Å². The Bertz CT molecular complexity index is 338. The van der Waals surface area contributed by atoms with Crippen molar-refractivity contribution in [3.63, 3.8) is 0 Å². The van der Waals surface area contributed by atoms with E-state index in [9.17, 15) is 4.79 Å². The Labute approximate surface area is 101 Å². The van der Waals surface area contributed by atoms with Gasteiger partial charge in [0.25, 0.3) is 0 Å². The highest BCUT2D eigenvalue weighted by atomic mass is 16.5. The van der Waals surface area contributed by atoms with Gasteiger partial charge >= 0.3 is 0 Å². The molecule has 17 heavy (non-hydrogen) atoms. The van der Waals surface area contributed by atoms with E-state index in [1.165, 1.54) is 0 Å². The number of nitrogens with one attached hydrogen (secondary N) is 1. The molecule has 0 saturated heterocycles. The van der Waals surface area contributed by atoms with Crippen molar-refractivity contribution in [1.82, 2.24) is 5.32 Å². The fourth-order valence-corrected chi connectivity index (χ4v) is 1.19. The molecule has 0 bridgehead atoms. The Morgan fingerprint density at radius 1 is 1.29 bits per heavy atom. The molecule has 0 radical (unpaired) electrons. The Morgan fingerprint density at radius 2 is 2.00 bits per heavy atom. The first kappa shape index (κ1) is 13.5. The highest BCUT2D eigenvalue weighted by Crippen LogP contribution is 2.04. The van der Waals surface area contributed by atoms with Gasteiger partial charge in [-0.05, 0) is 17.7 Å². The Kier molecular flexibility index (Phi) is 6.06. The maximum absolute atomic E-state index is 11.3. The molecular formula is C12H18N2O3. The molecule has 0 heterocycles. The first-order chi connectivity index (χ1) is 8.22. The summed E-state index contributed by atoms with van der Waals surface area (Å²) in [6.45, 7) is 1.45. The minimum absolute atomic E-state index is 0.0539. The number of rotatable bonds is 7. The van der Waals surface area contributed by atoms with Crippen LogP contribution in [0.2, 0.25) is 0 Å². The summed E-state index contributed by atoms with van der Waals surface area (Å²) in [7, 11) is 1.59. The average Bonchev–Trinajstić information content (AvgIpc) is 2.34. The maximum Gasteiger partial charge on any atom is 0.246 e. The average molecular weight is 238 g/mol. The number of ether oxygens (including phenoxy) is 2. The monoisotopic (exact) mass is 238 g/mol. The topological polar surface area (TPSA) is 73.6 Å². The molecule has 0 aliphatic heterocycles. The van der Waals surface area contributed by atoms with Crippen molar-refractivity contribution in [2.24, 2.45) is 0 Å². The zero-order chi connectivity index (χ0) is 12.5. The van der Waals surface area contributed by atoms with Gasteiger partial charge in [-0.15, -0.1) is 0 Å². The first-order valence-electron chi connectivity index (χ1n) is 5.40. The molecule has 1 aromatic rings. The molecule has 0 fully saturated rings. The van der Waals surface area contributed by atoms with Gasteiger partial charge in [0.2, 0.25) is 5.91 Å². The van der Waals surface area contributed by atoms with Crippen LogP contribution < -0.4 is 11.1 Å². The number of carbonyl (C=O) groups is 1. The number of amides is 1. The van der Waals surface area contributed by atoms with Crippen LogP contribution in [0.3, 0.4) is 0 Å². The van der Waals surface area contributed by atoms with E-state index >= 15 is 0 Å². The smallest absolute Gasteiger partial charge is 0.246 e. The molecule has 1 aromatic carbocycles. The zero-order valence-electron chi connectivity index (χ0n) is 9.94. The van der Waals surface area contributed by atoms with Gasteiger partial charge < -0.3 is 20.5 Å². The van der Waals surface area contributed by atoms with Crippen LogP contribution in [0, 0.1) is 0 Å². The van der Waals surface area contributed by atoms with Gasteiger partial charge in [-0.2, -0.15) is 0 Å². The van der Waals surface area contributed by atoms with E-state index in [-0.39, 0.29) is 12.5 Å². The molecule has 0 aliphatic carbocycles. The van der Waals surface area contributed by atoms with Crippen molar-refractivity contribution in [2.75, 3.05) is 32.7 Å². The lowest BCUT2D eigenvalue weighted by molar-refractivity contribution is -0.126. The normalized spacial score (nSPS) is 10.2. The molecule has 0 spiro atoms. The van der Waals surface area contributed by atoms with Crippen molar-refractivity contribution in [3.05, 3.63) is 29.8 Å². The lowest BCUT2D eigenvalue weighted by Crippen LogP contribution is -2.27. The molecule has 5 heteroatoms. The molecule has 0 aromatic heterocycles. The summed E-state index contributed by atoms with van der Waals surface area (Å²) in [6.07, 6.45) is 0. The van der Waals surface area contributed by atoms with Crippen molar-refractivity contribution >= 4 is 11.6 Å². The first-order valence-corrected chi connectivity index (χ1v) is 5.40. The Balaban J connectivity index is 2.17. The molecule has 3 N–H and O–H groups in total. The van der Waals surface area contributed by atoms with Gasteiger partial charge in [-0.25, -0.2) is 0 Å². The van der Waals surface area contributed by atoms with Crippen LogP contribution >= 0.6 is 0 Å². The van der Waals surface area contributed by atoms with E-state index in [0.717, 1.165) is 5.56 Å². The van der Waals surface area contributed by atoms with E-state index < -0.39 is 0 Å². The summed E-state index contributed by atoms with van der Waals surface area (Å²) in [4.78, 5) is 11.3. The minimum Gasteiger partial charge on any atom is -0.399 e. The molecular weight excluding hydrogens is 220 g/mol. The van der Waals surface area contributed by atoms with Gasteiger partial charge in [0.1, 0.15) is 6.61 Å². The quantitative estimate of drug-likeness (QED) is 0.537. The number of hydrogen-bond acceptors (Lipinski definition) is 4. The van der Waals surface area contributed by atoms with Crippen LogP contribution in [0.25, 0.3) is 0 Å². The second kappa shape index (κ2) is 7.65. The molecule has 1 amide bonds. The zero-order valence-corrected chi connectivity index (χ0v) is 9.94. The molecule has 0 atom stereocenters. The van der Waals surface area contributed by atoms with Crippen LogP contribution in [0.1, 0.15) is 5.56 Å². The van der Waals surface area contributed by atoms with E-state index in [2.05, 4.69) is 5.32 Å². The summed E-state index contributed by atoms with van der Waals surface area (Å²) >= 11 is 0. The van der Waals surface area contributed by atoms with Gasteiger partial charge in [0.05, 0.1) is 13.2 Å². The van der Waals surface area contributed by atoms with E-state index in [1.54, 1.807) is 19.2 Å². The second-order valence-corrected chi connectivity index (χ2v) is 3.56. The number of anilines is 1. The van der Waals surface area contributed by atoms with Crippen molar-refractivity contribution in [3.8, 4) is 0 Å². The van der Waals surface area contributed by atoms with Gasteiger partial charge in [0, 0.05) is 19.3 Å². The fraction of sp³-hybridized carbons (Fsp3) is 0.417. The molecule has 0 unspecified atom stereocenters. The van der Waals surface area contributed by atoms with Crippen molar-refractivity contribution < 1.29 is 14.3 Å². The fourth-order valence-electron chi connectivity index (χ4n) is 1.19. The van der Waals surface area contributed by atoms with E-state index in [4.69, 9.17) is 15.2 Å². The van der Waals surface area contributed by atoms with Gasteiger partial charge in [-0.1, -0.05) is 12.1 Å². The summed E-state index contributed by atoms with van der Waals surface area (Å²) in [5, 5.41) is 2.75. The van der Waals surface area contributed by atoms with Gasteiger partial charge in [0.15, 0.2) is 0 Å². The lowest BCUT2D eigenvalue weighted by atomic mass is 10.2. The molecule has 0 saturated carbocycles. The summed E-state index contributed by atoms with van der Waals surface area (Å²) in [5.74, 6) is -0.141. The number of methoxy groups -OCH3 is 1. The van der Waals surface area contributed by atoms with Crippen LogP contribution in [0.4, 0.5) is 5.69 Å². The summed E-state index contributed by atoms with van der Waals surface area (Å²) in [5.41, 5.74) is 7.27. The number of benzene rings is 1. The lowest BCUT2D eigenvalue weighted by Gasteiger charge is -2.06. The predicted molar refractivity (Wildman–Crippen MR) is 65.4 cm³/mol. The standard InChI is InChI=1S/C12H18N2O3/c1-16-6-7-17-9-12(15)14-8-10-2-4-11(13)5-3-10/h2-5H,6-9,13H2,1H3,(H,14,15). The SMILES string of the molecule is COCCOCC(=O)NCc1ccc(N)cc1. The summed E-state index contributed by atoms with van der Waals surface area (Å²) in [6, 6.07) is 7.36. The third kappa shape index (κ3) is 5.89.